The first-order valence-electron chi connectivity index (χ1n) is 6.92. The number of sulfonamides is 1. The number of aliphatic carboxylic acids is 1. The molecular formula is C15H13Cl3N2O4S. The van der Waals surface area contributed by atoms with Crippen LogP contribution in [0.5, 0.6) is 0 Å². The van der Waals surface area contributed by atoms with E-state index in [1.54, 1.807) is 12.1 Å². The highest BCUT2D eigenvalue weighted by Gasteiger charge is 2.16. The van der Waals surface area contributed by atoms with Crippen LogP contribution < -0.4 is 10.3 Å². The van der Waals surface area contributed by atoms with Gasteiger partial charge in [0, 0.05) is 11.4 Å². The lowest BCUT2D eigenvalue weighted by Gasteiger charge is -2.13. The van der Waals surface area contributed by atoms with Gasteiger partial charge in [0.2, 0.25) is 0 Å². The van der Waals surface area contributed by atoms with Crippen molar-refractivity contribution in [3.63, 3.8) is 0 Å². The Bertz CT molecular complexity index is 863. The smallest absolute Gasteiger partial charge is 0.303 e. The van der Waals surface area contributed by atoms with Crippen LogP contribution in [0.3, 0.4) is 0 Å². The summed E-state index contributed by atoms with van der Waals surface area (Å²) in [5.41, 5.74) is 3.36. The van der Waals surface area contributed by atoms with Crippen molar-refractivity contribution in [2.75, 3.05) is 5.43 Å². The summed E-state index contributed by atoms with van der Waals surface area (Å²) in [4.78, 5) is 12.7. The van der Waals surface area contributed by atoms with E-state index in [2.05, 4.69) is 10.3 Å². The summed E-state index contributed by atoms with van der Waals surface area (Å²) in [6.45, 7) is 0. The maximum atomic E-state index is 12.3. The second kappa shape index (κ2) is 8.25. The number of carboxylic acids is 1. The number of hydrogen-bond donors (Lipinski definition) is 3. The number of halogens is 3. The van der Waals surface area contributed by atoms with Gasteiger partial charge in [0.05, 0.1) is 20.6 Å². The predicted octanol–water partition coefficient (Wildman–Crippen LogP) is 3.97. The van der Waals surface area contributed by atoms with Gasteiger partial charge in [-0.15, -0.1) is 4.83 Å². The van der Waals surface area contributed by atoms with Crippen molar-refractivity contribution < 1.29 is 18.3 Å². The molecule has 0 aliphatic rings. The number of rotatable bonds is 7. The summed E-state index contributed by atoms with van der Waals surface area (Å²) in [7, 11) is -3.88. The molecule has 0 aliphatic carbocycles. The Kier molecular flexibility index (Phi) is 6.53. The molecule has 0 unspecified atom stereocenters. The Morgan fingerprint density at radius 2 is 1.60 bits per heavy atom. The van der Waals surface area contributed by atoms with E-state index in [1.165, 1.54) is 24.3 Å². The van der Waals surface area contributed by atoms with Crippen LogP contribution >= 0.6 is 34.8 Å². The van der Waals surface area contributed by atoms with Gasteiger partial charge in [-0.25, -0.2) is 8.42 Å². The first-order chi connectivity index (χ1) is 11.7. The fourth-order valence-corrected chi connectivity index (χ4v) is 3.69. The van der Waals surface area contributed by atoms with Crippen molar-refractivity contribution in [3.8, 4) is 0 Å². The molecule has 25 heavy (non-hydrogen) atoms. The summed E-state index contributed by atoms with van der Waals surface area (Å²) < 4.78 is 24.6. The molecule has 0 aliphatic heterocycles. The maximum absolute atomic E-state index is 12.3. The molecule has 6 nitrogen and oxygen atoms in total. The van der Waals surface area contributed by atoms with Crippen LogP contribution in [0.2, 0.25) is 15.1 Å². The lowest BCUT2D eigenvalue weighted by molar-refractivity contribution is -0.136. The molecular weight excluding hydrogens is 411 g/mol. The zero-order valence-corrected chi connectivity index (χ0v) is 15.7. The molecule has 0 amide bonds. The molecule has 3 N–H and O–H groups in total. The lowest BCUT2D eigenvalue weighted by atomic mass is 10.1. The molecule has 134 valence electrons. The normalized spacial score (nSPS) is 11.3. The largest absolute Gasteiger partial charge is 0.481 e. The molecule has 0 saturated heterocycles. The first kappa shape index (κ1) is 19.8. The van der Waals surface area contributed by atoms with E-state index in [4.69, 9.17) is 39.9 Å². The Balaban J connectivity index is 2.10. The Morgan fingerprint density at radius 1 is 1.04 bits per heavy atom. The van der Waals surface area contributed by atoms with Crippen molar-refractivity contribution in [1.29, 1.82) is 0 Å². The topological polar surface area (TPSA) is 95.5 Å². The summed E-state index contributed by atoms with van der Waals surface area (Å²) in [6, 6.07) is 8.71. The van der Waals surface area contributed by atoms with Crippen LogP contribution in [0.15, 0.2) is 41.3 Å². The van der Waals surface area contributed by atoms with Crippen molar-refractivity contribution in [2.45, 2.75) is 17.7 Å². The number of anilines is 1. The van der Waals surface area contributed by atoms with Crippen LogP contribution in [-0.4, -0.2) is 19.5 Å². The molecule has 0 heterocycles. The molecule has 0 atom stereocenters. The molecule has 2 rings (SSSR count). The van der Waals surface area contributed by atoms with E-state index >= 15 is 0 Å². The van der Waals surface area contributed by atoms with Crippen molar-refractivity contribution in [1.82, 2.24) is 4.83 Å². The van der Waals surface area contributed by atoms with Gasteiger partial charge >= 0.3 is 5.97 Å². The minimum Gasteiger partial charge on any atom is -0.481 e. The third-order valence-electron chi connectivity index (χ3n) is 3.18. The van der Waals surface area contributed by atoms with Crippen LogP contribution in [-0.2, 0) is 21.2 Å². The Hall–Kier alpha value is -1.51. The molecule has 0 fully saturated rings. The fourth-order valence-electron chi connectivity index (χ4n) is 1.93. The van der Waals surface area contributed by atoms with E-state index < -0.39 is 16.0 Å². The van der Waals surface area contributed by atoms with E-state index in [1.807, 2.05) is 0 Å². The summed E-state index contributed by atoms with van der Waals surface area (Å²) in [6.07, 6.45) is 0.288. The van der Waals surface area contributed by atoms with Crippen molar-refractivity contribution in [2.24, 2.45) is 0 Å². The molecule has 2 aromatic rings. The van der Waals surface area contributed by atoms with Gasteiger partial charge in [-0.1, -0.05) is 46.9 Å². The minimum atomic E-state index is -3.88. The third kappa shape index (κ3) is 5.49. The number of aryl methyl sites for hydroxylation is 1. The van der Waals surface area contributed by atoms with Gasteiger partial charge in [-0.2, -0.15) is 0 Å². The standard InChI is InChI=1S/C15H13Cl3N2O4S/c16-10-7-12(17)15(13(18)8-10)19-20-25(23,24)11-4-1-9(2-5-11)3-6-14(21)22/h1-2,4-5,7-8,19-20H,3,6H2,(H,21,22). The lowest BCUT2D eigenvalue weighted by Crippen LogP contribution is -2.29. The molecule has 10 heteroatoms. The highest BCUT2D eigenvalue weighted by molar-refractivity contribution is 7.89. The molecule has 0 bridgehead atoms. The first-order valence-corrected chi connectivity index (χ1v) is 9.54. The van der Waals surface area contributed by atoms with E-state index in [0.29, 0.717) is 11.4 Å². The number of carbonyl (C=O) groups is 1. The average Bonchev–Trinajstić information content (AvgIpc) is 2.52. The fraction of sp³-hybridized carbons (Fsp3) is 0.133. The molecule has 0 saturated carbocycles. The highest BCUT2D eigenvalue weighted by Crippen LogP contribution is 2.33. The van der Waals surface area contributed by atoms with Gasteiger partial charge in [-0.05, 0) is 36.2 Å². The maximum Gasteiger partial charge on any atom is 0.303 e. The third-order valence-corrected chi connectivity index (χ3v) is 5.26. The van der Waals surface area contributed by atoms with Crippen molar-refractivity contribution in [3.05, 3.63) is 57.0 Å². The van der Waals surface area contributed by atoms with Crippen molar-refractivity contribution >= 4 is 56.5 Å². The summed E-state index contributed by atoms with van der Waals surface area (Å²) >= 11 is 17.7. The molecule has 0 radical (unpaired) electrons. The summed E-state index contributed by atoms with van der Waals surface area (Å²) in [5.74, 6) is -0.917. The SMILES string of the molecule is O=C(O)CCc1ccc(S(=O)(=O)NNc2c(Cl)cc(Cl)cc2Cl)cc1. The predicted molar refractivity (Wildman–Crippen MR) is 97.8 cm³/mol. The summed E-state index contributed by atoms with van der Waals surface area (Å²) in [5, 5.41) is 9.29. The zero-order valence-electron chi connectivity index (χ0n) is 12.6. The Labute approximate surface area is 159 Å². The van der Waals surface area contributed by atoms with E-state index in [0.717, 1.165) is 5.56 Å². The van der Waals surface area contributed by atoms with Gasteiger partial charge in [0.1, 0.15) is 0 Å². The van der Waals surface area contributed by atoms with Crippen LogP contribution in [0.1, 0.15) is 12.0 Å². The second-order valence-corrected chi connectivity index (χ2v) is 7.95. The van der Waals surface area contributed by atoms with Crippen LogP contribution in [0.4, 0.5) is 5.69 Å². The van der Waals surface area contributed by atoms with Crippen LogP contribution in [0, 0.1) is 0 Å². The van der Waals surface area contributed by atoms with Crippen LogP contribution in [0.25, 0.3) is 0 Å². The number of hydrazine groups is 1. The number of carboxylic acid groups (broad SMARTS) is 1. The van der Waals surface area contributed by atoms with Gasteiger partial charge in [0.25, 0.3) is 10.0 Å². The number of nitrogens with one attached hydrogen (secondary N) is 2. The molecule has 0 spiro atoms. The van der Waals surface area contributed by atoms with Gasteiger partial charge in [0.15, 0.2) is 0 Å². The van der Waals surface area contributed by atoms with Gasteiger partial charge in [-0.3, -0.25) is 4.79 Å². The second-order valence-electron chi connectivity index (χ2n) is 5.01. The zero-order chi connectivity index (χ0) is 18.6. The van der Waals surface area contributed by atoms with Gasteiger partial charge < -0.3 is 10.5 Å². The average molecular weight is 424 g/mol. The molecule has 0 aromatic heterocycles. The van der Waals surface area contributed by atoms with E-state index in [-0.39, 0.29) is 27.0 Å². The van der Waals surface area contributed by atoms with E-state index in [9.17, 15) is 13.2 Å². The quantitative estimate of drug-likeness (QED) is 0.586. The minimum absolute atomic E-state index is 0.000262. The number of hydrogen-bond acceptors (Lipinski definition) is 4. The number of benzene rings is 2. The highest BCUT2D eigenvalue weighted by atomic mass is 35.5. The monoisotopic (exact) mass is 422 g/mol. The molecule has 2 aromatic carbocycles. The Morgan fingerprint density at radius 3 is 2.12 bits per heavy atom.